The molecule has 0 aromatic heterocycles. The molecule has 3 N–H and O–H groups in total. The topological polar surface area (TPSA) is 70.6 Å². The maximum atomic E-state index is 11.9. The van der Waals surface area contributed by atoms with Gasteiger partial charge in [0, 0.05) is 5.69 Å². The van der Waals surface area contributed by atoms with E-state index in [0.29, 0.717) is 5.69 Å². The summed E-state index contributed by atoms with van der Waals surface area (Å²) in [6.45, 7) is 0. The van der Waals surface area contributed by atoms with Crippen LogP contribution in [0.2, 0.25) is 0 Å². The second-order valence-corrected chi connectivity index (χ2v) is 4.98. The van der Waals surface area contributed by atoms with E-state index in [1.165, 1.54) is 12.1 Å². The molecule has 0 bridgehead atoms. The van der Waals surface area contributed by atoms with Crippen LogP contribution in [-0.2, 0) is 11.2 Å². The monoisotopic (exact) mass is 316 g/mol. The molecule has 0 radical (unpaired) electrons. The SMILES string of the molecule is COc1ccc(CC(=O)NC(=S)Nc2ccc(O)cc2)cc1. The van der Waals surface area contributed by atoms with Gasteiger partial charge in [0.05, 0.1) is 13.5 Å². The number of nitrogens with one attached hydrogen (secondary N) is 2. The number of carbonyl (C=O) groups excluding carboxylic acids is 1. The van der Waals surface area contributed by atoms with Gasteiger partial charge in [-0.3, -0.25) is 4.79 Å². The number of phenols is 1. The fourth-order valence-electron chi connectivity index (χ4n) is 1.81. The predicted molar refractivity (Wildman–Crippen MR) is 89.2 cm³/mol. The minimum absolute atomic E-state index is 0.167. The van der Waals surface area contributed by atoms with Gasteiger partial charge in [0.25, 0.3) is 0 Å². The molecule has 0 spiro atoms. The maximum Gasteiger partial charge on any atom is 0.230 e. The number of hydrogen-bond acceptors (Lipinski definition) is 4. The fourth-order valence-corrected chi connectivity index (χ4v) is 2.04. The molecule has 0 saturated heterocycles. The highest BCUT2D eigenvalue weighted by molar-refractivity contribution is 7.80. The predicted octanol–water partition coefficient (Wildman–Crippen LogP) is 2.46. The van der Waals surface area contributed by atoms with Crippen LogP contribution >= 0.6 is 12.2 Å². The summed E-state index contributed by atoms with van der Waals surface area (Å²) in [5, 5.41) is 14.9. The molecule has 1 amide bonds. The average molecular weight is 316 g/mol. The molecule has 0 saturated carbocycles. The Morgan fingerprint density at radius 2 is 1.77 bits per heavy atom. The Labute approximate surface area is 133 Å². The summed E-state index contributed by atoms with van der Waals surface area (Å²) in [5.74, 6) is 0.704. The first-order valence-corrected chi connectivity index (χ1v) is 7.00. The Morgan fingerprint density at radius 3 is 2.36 bits per heavy atom. The number of ether oxygens (including phenoxy) is 1. The number of aromatic hydroxyl groups is 1. The van der Waals surface area contributed by atoms with E-state index in [1.807, 2.05) is 12.1 Å². The number of thiocarbonyl (C=S) groups is 1. The Balaban J connectivity index is 1.85. The lowest BCUT2D eigenvalue weighted by Crippen LogP contribution is -2.35. The molecule has 0 fully saturated rings. The van der Waals surface area contributed by atoms with Crippen LogP contribution in [0, 0.1) is 0 Å². The summed E-state index contributed by atoms with van der Waals surface area (Å²) in [7, 11) is 1.59. The molecule has 2 aromatic carbocycles. The van der Waals surface area contributed by atoms with Crippen LogP contribution in [-0.4, -0.2) is 23.2 Å². The van der Waals surface area contributed by atoms with Crippen molar-refractivity contribution in [1.82, 2.24) is 5.32 Å². The number of carbonyl (C=O) groups is 1. The fraction of sp³-hybridized carbons (Fsp3) is 0.125. The van der Waals surface area contributed by atoms with Crippen LogP contribution in [0.15, 0.2) is 48.5 Å². The van der Waals surface area contributed by atoms with Crippen molar-refractivity contribution >= 4 is 28.9 Å². The number of phenolic OH excluding ortho intramolecular Hbond substituents is 1. The lowest BCUT2D eigenvalue weighted by molar-refractivity contribution is -0.119. The summed E-state index contributed by atoms with van der Waals surface area (Å²) in [4.78, 5) is 11.9. The Bertz CT molecular complexity index is 654. The van der Waals surface area contributed by atoms with E-state index in [4.69, 9.17) is 17.0 Å². The standard InChI is InChI=1S/C16H16N2O3S/c1-21-14-8-2-11(3-9-14)10-15(20)18-16(22)17-12-4-6-13(19)7-5-12/h2-9,19H,10H2,1H3,(H2,17,18,20,22). The van der Waals surface area contributed by atoms with Crippen molar-refractivity contribution < 1.29 is 14.6 Å². The minimum atomic E-state index is -0.207. The van der Waals surface area contributed by atoms with Crippen molar-refractivity contribution in [2.24, 2.45) is 0 Å². The Kier molecular flexibility index (Phi) is 5.32. The van der Waals surface area contributed by atoms with Crippen LogP contribution in [0.25, 0.3) is 0 Å². The number of benzene rings is 2. The van der Waals surface area contributed by atoms with Crippen molar-refractivity contribution in [2.45, 2.75) is 6.42 Å². The van der Waals surface area contributed by atoms with Gasteiger partial charge in [-0.25, -0.2) is 0 Å². The van der Waals surface area contributed by atoms with Crippen LogP contribution in [0.3, 0.4) is 0 Å². The lowest BCUT2D eigenvalue weighted by Gasteiger charge is -2.10. The first-order chi connectivity index (χ1) is 10.6. The maximum absolute atomic E-state index is 11.9. The van der Waals surface area contributed by atoms with Crippen molar-refractivity contribution in [1.29, 1.82) is 0 Å². The van der Waals surface area contributed by atoms with E-state index in [2.05, 4.69) is 10.6 Å². The number of rotatable bonds is 4. The third-order valence-corrected chi connectivity index (χ3v) is 3.11. The van der Waals surface area contributed by atoms with Gasteiger partial charge in [0.1, 0.15) is 11.5 Å². The molecule has 2 aromatic rings. The zero-order valence-electron chi connectivity index (χ0n) is 12.0. The van der Waals surface area contributed by atoms with E-state index < -0.39 is 0 Å². The van der Waals surface area contributed by atoms with Crippen LogP contribution in [0.5, 0.6) is 11.5 Å². The second-order valence-electron chi connectivity index (χ2n) is 4.57. The first-order valence-electron chi connectivity index (χ1n) is 6.59. The molecule has 0 aliphatic heterocycles. The van der Waals surface area contributed by atoms with E-state index in [0.717, 1.165) is 11.3 Å². The number of amides is 1. The molecule has 0 aliphatic rings. The van der Waals surface area contributed by atoms with Crippen molar-refractivity contribution in [2.75, 3.05) is 12.4 Å². The average Bonchev–Trinajstić information content (AvgIpc) is 2.50. The highest BCUT2D eigenvalue weighted by atomic mass is 32.1. The molecule has 22 heavy (non-hydrogen) atoms. The van der Waals surface area contributed by atoms with E-state index in [1.54, 1.807) is 31.4 Å². The summed E-state index contributed by atoms with van der Waals surface area (Å²) in [5.41, 5.74) is 1.55. The Morgan fingerprint density at radius 1 is 1.14 bits per heavy atom. The lowest BCUT2D eigenvalue weighted by atomic mass is 10.1. The van der Waals surface area contributed by atoms with E-state index in [9.17, 15) is 9.90 Å². The summed E-state index contributed by atoms with van der Waals surface area (Å²) < 4.78 is 5.06. The molecular weight excluding hydrogens is 300 g/mol. The minimum Gasteiger partial charge on any atom is -0.508 e. The van der Waals surface area contributed by atoms with Gasteiger partial charge in [0.15, 0.2) is 5.11 Å². The third kappa shape index (κ3) is 4.75. The molecule has 0 atom stereocenters. The second kappa shape index (κ2) is 7.42. The first kappa shape index (κ1) is 15.8. The highest BCUT2D eigenvalue weighted by Crippen LogP contribution is 2.14. The smallest absolute Gasteiger partial charge is 0.230 e. The van der Waals surface area contributed by atoms with Gasteiger partial charge in [-0.1, -0.05) is 12.1 Å². The van der Waals surface area contributed by atoms with Gasteiger partial charge in [-0.15, -0.1) is 0 Å². The van der Waals surface area contributed by atoms with Crippen LogP contribution in [0.1, 0.15) is 5.56 Å². The Hall–Kier alpha value is -2.60. The number of anilines is 1. The molecular formula is C16H16N2O3S. The molecule has 0 heterocycles. The summed E-state index contributed by atoms with van der Waals surface area (Å²) in [6, 6.07) is 13.7. The number of hydrogen-bond donors (Lipinski definition) is 3. The van der Waals surface area contributed by atoms with Gasteiger partial charge in [-0.2, -0.15) is 0 Å². The highest BCUT2D eigenvalue weighted by Gasteiger charge is 2.06. The van der Waals surface area contributed by atoms with Crippen molar-refractivity contribution in [3.63, 3.8) is 0 Å². The van der Waals surface area contributed by atoms with Crippen molar-refractivity contribution in [3.05, 3.63) is 54.1 Å². The third-order valence-electron chi connectivity index (χ3n) is 2.90. The number of methoxy groups -OCH3 is 1. The van der Waals surface area contributed by atoms with Crippen LogP contribution in [0.4, 0.5) is 5.69 Å². The summed E-state index contributed by atoms with van der Waals surface area (Å²) in [6.07, 6.45) is 0.224. The van der Waals surface area contributed by atoms with Gasteiger partial charge >= 0.3 is 0 Å². The van der Waals surface area contributed by atoms with Gasteiger partial charge in [0.2, 0.25) is 5.91 Å². The molecule has 114 valence electrons. The van der Waals surface area contributed by atoms with E-state index >= 15 is 0 Å². The zero-order chi connectivity index (χ0) is 15.9. The van der Waals surface area contributed by atoms with Crippen LogP contribution < -0.4 is 15.4 Å². The normalized spacial score (nSPS) is 9.86. The molecule has 0 unspecified atom stereocenters. The van der Waals surface area contributed by atoms with Crippen molar-refractivity contribution in [3.8, 4) is 11.5 Å². The molecule has 6 heteroatoms. The van der Waals surface area contributed by atoms with Gasteiger partial charge < -0.3 is 20.5 Å². The molecule has 0 aliphatic carbocycles. The quantitative estimate of drug-likeness (QED) is 0.597. The van der Waals surface area contributed by atoms with Gasteiger partial charge in [-0.05, 0) is 54.2 Å². The zero-order valence-corrected chi connectivity index (χ0v) is 12.8. The van der Waals surface area contributed by atoms with E-state index in [-0.39, 0.29) is 23.2 Å². The largest absolute Gasteiger partial charge is 0.508 e. The summed E-state index contributed by atoms with van der Waals surface area (Å²) >= 11 is 5.08. The molecule has 5 nitrogen and oxygen atoms in total. The molecule has 2 rings (SSSR count).